The molecule has 0 spiro atoms. The van der Waals surface area contributed by atoms with E-state index >= 15 is 0 Å². The van der Waals surface area contributed by atoms with Crippen molar-refractivity contribution >= 4 is 0 Å². The lowest BCUT2D eigenvalue weighted by molar-refractivity contribution is 0.470. The Labute approximate surface area is 109 Å². The smallest absolute Gasteiger partial charge is 0.127 e. The minimum Gasteiger partial charge on any atom is -0.507 e. The van der Waals surface area contributed by atoms with Crippen LogP contribution in [-0.2, 0) is 0 Å². The summed E-state index contributed by atoms with van der Waals surface area (Å²) in [6.45, 7) is 0. The Morgan fingerprint density at radius 2 is 1.79 bits per heavy atom. The first kappa shape index (κ1) is 11.5. The van der Waals surface area contributed by atoms with Crippen LogP contribution in [0.1, 0.15) is 0 Å². The molecule has 1 heterocycles. The molecule has 19 heavy (non-hydrogen) atoms. The molecule has 0 bridgehead atoms. The van der Waals surface area contributed by atoms with Crippen LogP contribution in [0.4, 0.5) is 4.39 Å². The number of hydrogen-bond donors (Lipinski definition) is 1. The summed E-state index contributed by atoms with van der Waals surface area (Å²) in [6.07, 6.45) is 1.64. The van der Waals surface area contributed by atoms with Crippen molar-refractivity contribution in [1.29, 1.82) is 0 Å². The summed E-state index contributed by atoms with van der Waals surface area (Å²) in [5.74, 6) is -0.565. The maximum absolute atomic E-state index is 13.0. The molecular formula is C15H11FN2O. The summed E-state index contributed by atoms with van der Waals surface area (Å²) in [5.41, 5.74) is 2.14. The number of rotatable bonds is 2. The van der Waals surface area contributed by atoms with E-state index in [9.17, 15) is 9.50 Å². The van der Waals surface area contributed by atoms with Gasteiger partial charge in [0, 0.05) is 11.6 Å². The molecule has 0 atom stereocenters. The summed E-state index contributed by atoms with van der Waals surface area (Å²) in [5, 5.41) is 14.1. The fraction of sp³-hybridized carbons (Fsp3) is 0. The highest BCUT2D eigenvalue weighted by molar-refractivity contribution is 5.68. The predicted molar refractivity (Wildman–Crippen MR) is 70.6 cm³/mol. The van der Waals surface area contributed by atoms with Crippen molar-refractivity contribution < 1.29 is 9.50 Å². The van der Waals surface area contributed by atoms with Gasteiger partial charge in [0.25, 0.3) is 0 Å². The maximum Gasteiger partial charge on any atom is 0.127 e. The number of halogens is 1. The van der Waals surface area contributed by atoms with Crippen LogP contribution >= 0.6 is 0 Å². The quantitative estimate of drug-likeness (QED) is 0.761. The molecule has 1 aromatic heterocycles. The molecule has 0 saturated heterocycles. The van der Waals surface area contributed by atoms with Crippen molar-refractivity contribution in [3.8, 4) is 22.7 Å². The zero-order valence-corrected chi connectivity index (χ0v) is 9.99. The third kappa shape index (κ3) is 2.08. The van der Waals surface area contributed by atoms with Gasteiger partial charge in [-0.15, -0.1) is 0 Å². The van der Waals surface area contributed by atoms with E-state index in [4.69, 9.17) is 0 Å². The van der Waals surface area contributed by atoms with Crippen molar-refractivity contribution in [3.63, 3.8) is 0 Å². The SMILES string of the molecule is Oc1cc(F)ccc1-c1ccnn1-c1ccccc1. The average Bonchev–Trinajstić information content (AvgIpc) is 2.89. The van der Waals surface area contributed by atoms with E-state index in [2.05, 4.69) is 5.10 Å². The molecule has 94 valence electrons. The third-order valence-corrected chi connectivity index (χ3v) is 2.88. The minimum absolute atomic E-state index is 0.0994. The van der Waals surface area contributed by atoms with E-state index in [1.807, 2.05) is 30.3 Å². The van der Waals surface area contributed by atoms with E-state index in [1.165, 1.54) is 6.07 Å². The molecule has 4 heteroatoms. The fourth-order valence-corrected chi connectivity index (χ4v) is 2.00. The van der Waals surface area contributed by atoms with Crippen molar-refractivity contribution in [3.05, 3.63) is 66.6 Å². The number of hydrogen-bond acceptors (Lipinski definition) is 2. The van der Waals surface area contributed by atoms with Crippen LogP contribution in [0.3, 0.4) is 0 Å². The van der Waals surface area contributed by atoms with Gasteiger partial charge in [-0.3, -0.25) is 0 Å². The van der Waals surface area contributed by atoms with Crippen molar-refractivity contribution in [2.45, 2.75) is 0 Å². The third-order valence-electron chi connectivity index (χ3n) is 2.88. The summed E-state index contributed by atoms with van der Waals surface area (Å²) in [6, 6.07) is 15.3. The monoisotopic (exact) mass is 254 g/mol. The molecular weight excluding hydrogens is 243 g/mol. The van der Waals surface area contributed by atoms with E-state index < -0.39 is 5.82 Å². The Morgan fingerprint density at radius 1 is 1.00 bits per heavy atom. The molecule has 2 aromatic carbocycles. The van der Waals surface area contributed by atoms with E-state index in [0.29, 0.717) is 11.3 Å². The first-order valence-electron chi connectivity index (χ1n) is 5.84. The highest BCUT2D eigenvalue weighted by atomic mass is 19.1. The second kappa shape index (κ2) is 4.57. The Bertz CT molecular complexity index is 707. The lowest BCUT2D eigenvalue weighted by atomic mass is 10.1. The van der Waals surface area contributed by atoms with Gasteiger partial charge in [0.1, 0.15) is 11.6 Å². The summed E-state index contributed by atoms with van der Waals surface area (Å²) < 4.78 is 14.7. The number of aromatic nitrogens is 2. The predicted octanol–water partition coefficient (Wildman–Crippen LogP) is 3.38. The Balaban J connectivity index is 2.15. The molecule has 0 saturated carbocycles. The molecule has 3 nitrogen and oxygen atoms in total. The molecule has 0 aliphatic rings. The number of aromatic hydroxyl groups is 1. The highest BCUT2D eigenvalue weighted by Crippen LogP contribution is 2.30. The van der Waals surface area contributed by atoms with Crippen LogP contribution in [0.15, 0.2) is 60.8 Å². The second-order valence-corrected chi connectivity index (χ2v) is 4.13. The lowest BCUT2D eigenvalue weighted by Gasteiger charge is -2.09. The molecule has 0 unspecified atom stereocenters. The van der Waals surface area contributed by atoms with Gasteiger partial charge in [0.2, 0.25) is 0 Å². The largest absolute Gasteiger partial charge is 0.507 e. The first-order chi connectivity index (χ1) is 9.25. The van der Waals surface area contributed by atoms with Crippen LogP contribution < -0.4 is 0 Å². The zero-order valence-electron chi connectivity index (χ0n) is 9.99. The van der Waals surface area contributed by atoms with Crippen LogP contribution in [0, 0.1) is 5.82 Å². The van der Waals surface area contributed by atoms with E-state index in [0.717, 1.165) is 11.8 Å². The van der Waals surface area contributed by atoms with E-state index in [-0.39, 0.29) is 5.75 Å². The van der Waals surface area contributed by atoms with Gasteiger partial charge < -0.3 is 5.11 Å². The highest BCUT2D eigenvalue weighted by Gasteiger charge is 2.11. The van der Waals surface area contributed by atoms with Gasteiger partial charge in [-0.05, 0) is 30.3 Å². The number of benzene rings is 2. The molecule has 0 amide bonds. The van der Waals surface area contributed by atoms with Gasteiger partial charge in [0.15, 0.2) is 0 Å². The van der Waals surface area contributed by atoms with E-state index in [1.54, 1.807) is 23.0 Å². The number of para-hydroxylation sites is 1. The van der Waals surface area contributed by atoms with Crippen molar-refractivity contribution in [2.24, 2.45) is 0 Å². The molecule has 1 N–H and O–H groups in total. The number of phenolic OH excluding ortho intramolecular Hbond substituents is 1. The molecule has 0 radical (unpaired) electrons. The summed E-state index contributed by atoms with van der Waals surface area (Å²) in [7, 11) is 0. The van der Waals surface area contributed by atoms with Gasteiger partial charge in [-0.25, -0.2) is 9.07 Å². The molecule has 0 aliphatic carbocycles. The lowest BCUT2D eigenvalue weighted by Crippen LogP contribution is -1.98. The minimum atomic E-state index is -0.466. The Morgan fingerprint density at radius 3 is 2.53 bits per heavy atom. The van der Waals surface area contributed by atoms with Crippen LogP contribution in [0.2, 0.25) is 0 Å². The molecule has 3 aromatic rings. The Kier molecular flexibility index (Phi) is 2.76. The van der Waals surface area contributed by atoms with Gasteiger partial charge in [-0.1, -0.05) is 18.2 Å². The molecule has 0 aliphatic heterocycles. The Hall–Kier alpha value is -2.62. The van der Waals surface area contributed by atoms with Gasteiger partial charge >= 0.3 is 0 Å². The van der Waals surface area contributed by atoms with Crippen molar-refractivity contribution in [1.82, 2.24) is 9.78 Å². The number of nitrogens with zero attached hydrogens (tertiary/aromatic N) is 2. The topological polar surface area (TPSA) is 38.1 Å². The second-order valence-electron chi connectivity index (χ2n) is 4.13. The normalized spacial score (nSPS) is 10.6. The van der Waals surface area contributed by atoms with Crippen molar-refractivity contribution in [2.75, 3.05) is 0 Å². The summed E-state index contributed by atoms with van der Waals surface area (Å²) >= 11 is 0. The van der Waals surface area contributed by atoms with Crippen LogP contribution in [-0.4, -0.2) is 14.9 Å². The van der Waals surface area contributed by atoms with Gasteiger partial charge in [0.05, 0.1) is 17.6 Å². The van der Waals surface area contributed by atoms with Crippen LogP contribution in [0.25, 0.3) is 16.9 Å². The zero-order chi connectivity index (χ0) is 13.2. The van der Waals surface area contributed by atoms with Crippen LogP contribution in [0.5, 0.6) is 5.75 Å². The number of phenols is 1. The molecule has 0 fully saturated rings. The first-order valence-corrected chi connectivity index (χ1v) is 5.84. The maximum atomic E-state index is 13.0. The summed E-state index contributed by atoms with van der Waals surface area (Å²) in [4.78, 5) is 0. The standard InChI is InChI=1S/C15H11FN2O/c16-11-6-7-13(15(19)10-11)14-8-9-17-18(14)12-4-2-1-3-5-12/h1-10,19H. The average molecular weight is 254 g/mol. The van der Waals surface area contributed by atoms with Gasteiger partial charge in [-0.2, -0.15) is 5.10 Å². The fourth-order valence-electron chi connectivity index (χ4n) is 2.00. The molecule has 3 rings (SSSR count).